The number of carbonyl (C=O) groups is 1. The van der Waals surface area contributed by atoms with Crippen LogP contribution in [0.3, 0.4) is 0 Å². The lowest BCUT2D eigenvalue weighted by atomic mass is 9.88. The third kappa shape index (κ3) is 4.49. The second-order valence-electron chi connectivity index (χ2n) is 4.92. The van der Waals surface area contributed by atoms with Crippen molar-refractivity contribution in [2.75, 3.05) is 19.8 Å². The number of ether oxygens (including phenoxy) is 1. The van der Waals surface area contributed by atoms with Crippen LogP contribution in [0.25, 0.3) is 0 Å². The normalized spacial score (nSPS) is 18.2. The smallest absolute Gasteiger partial charge is 0.220 e. The van der Waals surface area contributed by atoms with Crippen molar-refractivity contribution in [3.8, 4) is 0 Å². The summed E-state index contributed by atoms with van der Waals surface area (Å²) in [5.74, 6) is 1.31. The van der Waals surface area contributed by atoms with Crippen LogP contribution in [-0.4, -0.2) is 31.7 Å². The Bertz CT molecular complexity index is 215. The minimum atomic E-state index is 0.149. The van der Waals surface area contributed by atoms with Gasteiger partial charge in [-0.05, 0) is 31.2 Å². The summed E-state index contributed by atoms with van der Waals surface area (Å²) >= 11 is 0. The van der Waals surface area contributed by atoms with Crippen LogP contribution in [0.5, 0.6) is 0 Å². The zero-order chi connectivity index (χ0) is 12.0. The number of nitrogens with two attached hydrogens (primary N) is 1. The lowest BCUT2D eigenvalue weighted by molar-refractivity contribution is -0.125. The summed E-state index contributed by atoms with van der Waals surface area (Å²) in [7, 11) is 0. The first-order chi connectivity index (χ1) is 7.63. The van der Waals surface area contributed by atoms with Crippen LogP contribution in [0, 0.1) is 11.8 Å². The molecular formula is C12H24N2O2. The van der Waals surface area contributed by atoms with E-state index in [1.807, 2.05) is 0 Å². The molecule has 1 amide bonds. The van der Waals surface area contributed by atoms with Gasteiger partial charge in [0.25, 0.3) is 0 Å². The van der Waals surface area contributed by atoms with Crippen molar-refractivity contribution >= 4 is 5.91 Å². The Morgan fingerprint density at radius 2 is 2.12 bits per heavy atom. The van der Waals surface area contributed by atoms with E-state index in [0.717, 1.165) is 12.8 Å². The van der Waals surface area contributed by atoms with Crippen LogP contribution in [0.1, 0.15) is 33.1 Å². The summed E-state index contributed by atoms with van der Waals surface area (Å²) in [5, 5.41) is 2.96. The van der Waals surface area contributed by atoms with Crippen LogP contribution in [0.4, 0.5) is 0 Å². The molecule has 0 aromatic rings. The van der Waals surface area contributed by atoms with E-state index in [1.165, 1.54) is 0 Å². The molecule has 0 aromatic heterocycles. The zero-order valence-electron chi connectivity index (χ0n) is 10.4. The molecule has 1 aliphatic rings. The Morgan fingerprint density at radius 3 is 2.56 bits per heavy atom. The van der Waals surface area contributed by atoms with Gasteiger partial charge in [-0.25, -0.2) is 0 Å². The van der Waals surface area contributed by atoms with Gasteiger partial charge in [0.15, 0.2) is 0 Å². The molecule has 4 heteroatoms. The highest BCUT2D eigenvalue weighted by atomic mass is 16.5. The zero-order valence-corrected chi connectivity index (χ0v) is 10.4. The van der Waals surface area contributed by atoms with E-state index in [2.05, 4.69) is 19.2 Å². The van der Waals surface area contributed by atoms with Crippen molar-refractivity contribution in [2.45, 2.75) is 39.2 Å². The van der Waals surface area contributed by atoms with Gasteiger partial charge in [-0.15, -0.1) is 0 Å². The summed E-state index contributed by atoms with van der Waals surface area (Å²) in [4.78, 5) is 11.6. The molecule has 16 heavy (non-hydrogen) atoms. The number of amides is 1. The SMILES string of the molecule is CC(C)C(CCN)CCC(=O)NC1COC1. The van der Waals surface area contributed by atoms with Gasteiger partial charge in [0.2, 0.25) is 5.91 Å². The summed E-state index contributed by atoms with van der Waals surface area (Å²) in [6.45, 7) is 6.43. The number of hydrogen-bond donors (Lipinski definition) is 2. The molecule has 94 valence electrons. The number of rotatable bonds is 7. The highest BCUT2D eigenvalue weighted by Gasteiger charge is 2.21. The van der Waals surface area contributed by atoms with E-state index < -0.39 is 0 Å². The average molecular weight is 228 g/mol. The summed E-state index contributed by atoms with van der Waals surface area (Å²) in [5.41, 5.74) is 5.57. The summed E-state index contributed by atoms with van der Waals surface area (Å²) < 4.78 is 5.01. The number of hydrogen-bond acceptors (Lipinski definition) is 3. The van der Waals surface area contributed by atoms with Gasteiger partial charge in [-0.2, -0.15) is 0 Å². The maximum absolute atomic E-state index is 11.6. The quantitative estimate of drug-likeness (QED) is 0.680. The van der Waals surface area contributed by atoms with Gasteiger partial charge < -0.3 is 15.8 Å². The van der Waals surface area contributed by atoms with Crippen molar-refractivity contribution in [3.63, 3.8) is 0 Å². The Kier molecular flexibility index (Phi) is 5.77. The minimum Gasteiger partial charge on any atom is -0.377 e. The monoisotopic (exact) mass is 228 g/mol. The van der Waals surface area contributed by atoms with Gasteiger partial charge in [0, 0.05) is 6.42 Å². The fraction of sp³-hybridized carbons (Fsp3) is 0.917. The first-order valence-electron chi connectivity index (χ1n) is 6.20. The lowest BCUT2D eigenvalue weighted by Crippen LogP contribution is -2.48. The van der Waals surface area contributed by atoms with E-state index in [0.29, 0.717) is 38.0 Å². The molecular weight excluding hydrogens is 204 g/mol. The van der Waals surface area contributed by atoms with Crippen LogP contribution < -0.4 is 11.1 Å². The van der Waals surface area contributed by atoms with Crippen molar-refractivity contribution in [3.05, 3.63) is 0 Å². The number of carbonyl (C=O) groups excluding carboxylic acids is 1. The summed E-state index contributed by atoms with van der Waals surface area (Å²) in [6, 6.07) is 0.250. The van der Waals surface area contributed by atoms with Crippen molar-refractivity contribution in [2.24, 2.45) is 17.6 Å². The van der Waals surface area contributed by atoms with Crippen molar-refractivity contribution in [1.29, 1.82) is 0 Å². The maximum Gasteiger partial charge on any atom is 0.220 e. The average Bonchev–Trinajstić information content (AvgIpc) is 2.17. The minimum absolute atomic E-state index is 0.149. The highest BCUT2D eigenvalue weighted by molar-refractivity contribution is 5.76. The van der Waals surface area contributed by atoms with Crippen molar-refractivity contribution < 1.29 is 9.53 Å². The molecule has 0 radical (unpaired) electrons. The van der Waals surface area contributed by atoms with Crippen LogP contribution in [0.15, 0.2) is 0 Å². The molecule has 4 nitrogen and oxygen atoms in total. The van der Waals surface area contributed by atoms with Crippen LogP contribution >= 0.6 is 0 Å². The third-order valence-corrected chi connectivity index (χ3v) is 3.23. The molecule has 1 aliphatic heterocycles. The van der Waals surface area contributed by atoms with E-state index in [9.17, 15) is 4.79 Å². The molecule has 0 spiro atoms. The Balaban J connectivity index is 2.16. The molecule has 1 rings (SSSR count). The van der Waals surface area contributed by atoms with Gasteiger partial charge in [-0.3, -0.25) is 4.79 Å². The first kappa shape index (κ1) is 13.5. The van der Waals surface area contributed by atoms with E-state index >= 15 is 0 Å². The van der Waals surface area contributed by atoms with Gasteiger partial charge >= 0.3 is 0 Å². The summed E-state index contributed by atoms with van der Waals surface area (Å²) in [6.07, 6.45) is 2.56. The van der Waals surface area contributed by atoms with Gasteiger partial charge in [-0.1, -0.05) is 13.8 Å². The second-order valence-corrected chi connectivity index (χ2v) is 4.92. The Hall–Kier alpha value is -0.610. The molecule has 3 N–H and O–H groups in total. The standard InChI is InChI=1S/C12H24N2O2/c1-9(2)10(5-6-13)3-4-12(15)14-11-7-16-8-11/h9-11H,3-8,13H2,1-2H3,(H,14,15). The molecule has 0 saturated carbocycles. The molecule has 1 fully saturated rings. The molecule has 1 unspecified atom stereocenters. The fourth-order valence-electron chi connectivity index (χ4n) is 1.96. The lowest BCUT2D eigenvalue weighted by Gasteiger charge is -2.27. The fourth-order valence-corrected chi connectivity index (χ4v) is 1.96. The molecule has 1 atom stereocenters. The van der Waals surface area contributed by atoms with Gasteiger partial charge in [0.1, 0.15) is 0 Å². The van der Waals surface area contributed by atoms with E-state index in [1.54, 1.807) is 0 Å². The van der Waals surface area contributed by atoms with E-state index in [4.69, 9.17) is 10.5 Å². The predicted octanol–water partition coefficient (Wildman–Crippen LogP) is 0.903. The molecule has 1 heterocycles. The Morgan fingerprint density at radius 1 is 1.44 bits per heavy atom. The molecule has 0 aliphatic carbocycles. The van der Waals surface area contributed by atoms with Crippen LogP contribution in [0.2, 0.25) is 0 Å². The highest BCUT2D eigenvalue weighted by Crippen LogP contribution is 2.20. The third-order valence-electron chi connectivity index (χ3n) is 3.23. The van der Waals surface area contributed by atoms with Crippen molar-refractivity contribution in [1.82, 2.24) is 5.32 Å². The second kappa shape index (κ2) is 6.86. The topological polar surface area (TPSA) is 64.4 Å². The van der Waals surface area contributed by atoms with E-state index in [-0.39, 0.29) is 11.9 Å². The number of nitrogens with one attached hydrogen (secondary N) is 1. The van der Waals surface area contributed by atoms with Gasteiger partial charge in [0.05, 0.1) is 19.3 Å². The molecule has 0 aromatic carbocycles. The Labute approximate surface area is 97.9 Å². The molecule has 0 bridgehead atoms. The largest absolute Gasteiger partial charge is 0.377 e. The maximum atomic E-state index is 11.6. The molecule has 1 saturated heterocycles. The van der Waals surface area contributed by atoms with Crippen LogP contribution in [-0.2, 0) is 9.53 Å². The predicted molar refractivity (Wildman–Crippen MR) is 64.0 cm³/mol. The first-order valence-corrected chi connectivity index (χ1v) is 6.20.